The lowest BCUT2D eigenvalue weighted by atomic mass is 10.1. The first-order chi connectivity index (χ1) is 15.0. The molecule has 0 aromatic heterocycles. The molecule has 0 saturated heterocycles. The number of fused-ring (bicyclic) bond motifs is 1. The third-order valence-corrected chi connectivity index (χ3v) is 5.61. The van der Waals surface area contributed by atoms with Crippen LogP contribution in [0.4, 0.5) is 0 Å². The van der Waals surface area contributed by atoms with Gasteiger partial charge in [0.2, 0.25) is 0 Å². The van der Waals surface area contributed by atoms with E-state index in [0.717, 1.165) is 19.5 Å². The van der Waals surface area contributed by atoms with Crippen LogP contribution in [0.15, 0.2) is 59.6 Å². The van der Waals surface area contributed by atoms with Gasteiger partial charge in [-0.15, -0.1) is 0 Å². The van der Waals surface area contributed by atoms with Crippen molar-refractivity contribution in [2.75, 3.05) is 33.7 Å². The van der Waals surface area contributed by atoms with Crippen LogP contribution in [-0.2, 0) is 6.54 Å². The van der Waals surface area contributed by atoms with Crippen LogP contribution in [0.1, 0.15) is 39.6 Å². The molecular formula is C24H31N5O2. The second-order valence-corrected chi connectivity index (χ2v) is 7.77. The Bertz CT molecular complexity index is 894. The number of hydrogen-bond acceptors (Lipinski definition) is 4. The van der Waals surface area contributed by atoms with Crippen molar-refractivity contribution in [3.63, 3.8) is 0 Å². The van der Waals surface area contributed by atoms with Crippen molar-refractivity contribution in [2.45, 2.75) is 25.9 Å². The van der Waals surface area contributed by atoms with Crippen LogP contribution in [0.5, 0.6) is 0 Å². The summed E-state index contributed by atoms with van der Waals surface area (Å²) in [6.45, 7) is 4.63. The number of nitrogens with one attached hydrogen (secondary N) is 2. The zero-order chi connectivity index (χ0) is 22.2. The Hall–Kier alpha value is -3.19. The molecule has 1 heterocycles. The van der Waals surface area contributed by atoms with Crippen LogP contribution in [0, 0.1) is 0 Å². The van der Waals surface area contributed by atoms with E-state index in [4.69, 9.17) is 0 Å². The standard InChI is InChI=1S/C24H31N5O2/c1-18(28(3)17-19-9-5-4-6-10-19)13-14-26-24(25-2)27-15-16-29-22(30)20-11-7-8-12-21(20)23(29)31/h4-12,18H,13-17H2,1-3H3,(H2,25,26,27). The number of carbonyl (C=O) groups excluding carboxylic acids is 2. The van der Waals surface area contributed by atoms with Gasteiger partial charge in [0.15, 0.2) is 5.96 Å². The predicted octanol–water partition coefficient (Wildman–Crippen LogP) is 2.36. The molecule has 0 aliphatic carbocycles. The second-order valence-electron chi connectivity index (χ2n) is 7.77. The number of imide groups is 1. The summed E-state index contributed by atoms with van der Waals surface area (Å²) in [6.07, 6.45) is 0.961. The van der Waals surface area contributed by atoms with Gasteiger partial charge < -0.3 is 10.6 Å². The van der Waals surface area contributed by atoms with Gasteiger partial charge in [-0.05, 0) is 38.1 Å². The van der Waals surface area contributed by atoms with Crippen molar-refractivity contribution < 1.29 is 9.59 Å². The van der Waals surface area contributed by atoms with E-state index >= 15 is 0 Å². The maximum absolute atomic E-state index is 12.4. The molecule has 7 nitrogen and oxygen atoms in total. The van der Waals surface area contributed by atoms with Gasteiger partial charge >= 0.3 is 0 Å². The Kier molecular flexibility index (Phi) is 7.78. The van der Waals surface area contributed by atoms with Crippen molar-refractivity contribution in [2.24, 2.45) is 4.99 Å². The summed E-state index contributed by atoms with van der Waals surface area (Å²) in [5.74, 6) is 0.191. The smallest absolute Gasteiger partial charge is 0.261 e. The van der Waals surface area contributed by atoms with Gasteiger partial charge in [-0.1, -0.05) is 42.5 Å². The van der Waals surface area contributed by atoms with Crippen LogP contribution >= 0.6 is 0 Å². The van der Waals surface area contributed by atoms with Gasteiger partial charge in [0, 0.05) is 39.3 Å². The summed E-state index contributed by atoms with van der Waals surface area (Å²) in [4.78, 5) is 32.7. The third-order valence-electron chi connectivity index (χ3n) is 5.61. The van der Waals surface area contributed by atoms with Crippen molar-refractivity contribution >= 4 is 17.8 Å². The summed E-state index contributed by atoms with van der Waals surface area (Å²) in [5.41, 5.74) is 2.25. The van der Waals surface area contributed by atoms with Crippen LogP contribution in [0.3, 0.4) is 0 Å². The Labute approximate surface area is 184 Å². The minimum Gasteiger partial charge on any atom is -0.356 e. The van der Waals surface area contributed by atoms with Gasteiger partial charge in [-0.2, -0.15) is 0 Å². The van der Waals surface area contributed by atoms with Crippen molar-refractivity contribution in [1.29, 1.82) is 0 Å². The summed E-state index contributed by atoms with van der Waals surface area (Å²) in [5, 5.41) is 6.49. The van der Waals surface area contributed by atoms with Crippen molar-refractivity contribution in [3.8, 4) is 0 Å². The average Bonchev–Trinajstić information content (AvgIpc) is 3.03. The largest absolute Gasteiger partial charge is 0.356 e. The van der Waals surface area contributed by atoms with Crippen LogP contribution in [0.25, 0.3) is 0 Å². The molecule has 2 aromatic carbocycles. The number of carbonyl (C=O) groups is 2. The molecule has 2 amide bonds. The van der Waals surface area contributed by atoms with E-state index in [0.29, 0.717) is 36.2 Å². The Morgan fingerprint density at radius 3 is 2.16 bits per heavy atom. The fraction of sp³-hybridized carbons (Fsp3) is 0.375. The van der Waals surface area contributed by atoms with Crippen LogP contribution in [-0.4, -0.2) is 67.3 Å². The molecule has 2 N–H and O–H groups in total. The van der Waals surface area contributed by atoms with Crippen molar-refractivity contribution in [3.05, 3.63) is 71.3 Å². The number of amides is 2. The van der Waals surface area contributed by atoms with Gasteiger partial charge in [-0.3, -0.25) is 24.4 Å². The van der Waals surface area contributed by atoms with E-state index in [1.807, 2.05) is 6.07 Å². The second kappa shape index (κ2) is 10.7. The van der Waals surface area contributed by atoms with E-state index in [-0.39, 0.29) is 11.8 Å². The zero-order valence-electron chi connectivity index (χ0n) is 18.5. The summed E-state index contributed by atoms with van der Waals surface area (Å²) in [7, 11) is 3.84. The molecule has 1 atom stereocenters. The number of guanidine groups is 1. The highest BCUT2D eigenvalue weighted by atomic mass is 16.2. The molecule has 0 radical (unpaired) electrons. The molecular weight excluding hydrogens is 390 g/mol. The molecule has 31 heavy (non-hydrogen) atoms. The SMILES string of the molecule is CN=C(NCCC(C)N(C)Cc1ccccc1)NCCN1C(=O)c2ccccc2C1=O. The fourth-order valence-electron chi connectivity index (χ4n) is 3.60. The minimum atomic E-state index is -0.236. The molecule has 1 aliphatic rings. The highest BCUT2D eigenvalue weighted by molar-refractivity contribution is 6.21. The molecule has 1 unspecified atom stereocenters. The zero-order valence-corrected chi connectivity index (χ0v) is 18.5. The summed E-state index contributed by atoms with van der Waals surface area (Å²) in [6, 6.07) is 17.8. The molecule has 1 aliphatic heterocycles. The highest BCUT2D eigenvalue weighted by Gasteiger charge is 2.34. The average molecular weight is 422 g/mol. The number of hydrogen-bond donors (Lipinski definition) is 2. The van der Waals surface area contributed by atoms with E-state index in [1.54, 1.807) is 31.3 Å². The van der Waals surface area contributed by atoms with Crippen LogP contribution in [0.2, 0.25) is 0 Å². The van der Waals surface area contributed by atoms with Gasteiger partial charge in [0.05, 0.1) is 11.1 Å². The lowest BCUT2D eigenvalue weighted by Crippen LogP contribution is -2.44. The quantitative estimate of drug-likeness (QED) is 0.369. The summed E-state index contributed by atoms with van der Waals surface area (Å²) < 4.78 is 0. The molecule has 3 rings (SSSR count). The lowest BCUT2D eigenvalue weighted by Gasteiger charge is -2.25. The number of benzene rings is 2. The fourth-order valence-corrected chi connectivity index (χ4v) is 3.60. The molecule has 7 heteroatoms. The Balaban J connectivity index is 1.38. The monoisotopic (exact) mass is 421 g/mol. The molecule has 164 valence electrons. The first-order valence-electron chi connectivity index (χ1n) is 10.6. The Morgan fingerprint density at radius 1 is 0.968 bits per heavy atom. The van der Waals surface area contributed by atoms with Gasteiger partial charge in [-0.25, -0.2) is 0 Å². The maximum atomic E-state index is 12.4. The van der Waals surface area contributed by atoms with E-state index < -0.39 is 0 Å². The molecule has 2 aromatic rings. The third kappa shape index (κ3) is 5.70. The predicted molar refractivity (Wildman–Crippen MR) is 123 cm³/mol. The molecule has 0 fully saturated rings. The maximum Gasteiger partial charge on any atom is 0.261 e. The lowest BCUT2D eigenvalue weighted by molar-refractivity contribution is 0.0657. The van der Waals surface area contributed by atoms with E-state index in [2.05, 4.69) is 58.8 Å². The van der Waals surface area contributed by atoms with E-state index in [1.165, 1.54) is 10.5 Å². The number of nitrogens with zero attached hydrogens (tertiary/aromatic N) is 3. The minimum absolute atomic E-state index is 0.236. The normalized spacial score (nSPS) is 14.7. The number of aliphatic imine (C=N–C) groups is 1. The van der Waals surface area contributed by atoms with Crippen molar-refractivity contribution in [1.82, 2.24) is 20.4 Å². The topological polar surface area (TPSA) is 77.0 Å². The van der Waals surface area contributed by atoms with Crippen LogP contribution < -0.4 is 10.6 Å². The van der Waals surface area contributed by atoms with E-state index in [9.17, 15) is 9.59 Å². The van der Waals surface area contributed by atoms with Gasteiger partial charge in [0.25, 0.3) is 11.8 Å². The molecule has 0 saturated carbocycles. The number of rotatable bonds is 9. The highest BCUT2D eigenvalue weighted by Crippen LogP contribution is 2.21. The van der Waals surface area contributed by atoms with Gasteiger partial charge in [0.1, 0.15) is 0 Å². The molecule has 0 spiro atoms. The summed E-state index contributed by atoms with van der Waals surface area (Å²) >= 11 is 0. The first kappa shape index (κ1) is 22.5. The molecule has 0 bridgehead atoms. The Morgan fingerprint density at radius 2 is 1.55 bits per heavy atom. The first-order valence-corrected chi connectivity index (χ1v) is 10.6.